The lowest BCUT2D eigenvalue weighted by molar-refractivity contribution is 0.164. The van der Waals surface area contributed by atoms with Crippen LogP contribution in [0.15, 0.2) is 22.8 Å². The van der Waals surface area contributed by atoms with Gasteiger partial charge in [0.05, 0.1) is 6.26 Å². The Morgan fingerprint density at radius 1 is 1.37 bits per heavy atom. The molecule has 2 heterocycles. The molecule has 1 N–H and O–H groups in total. The number of furan rings is 1. The van der Waals surface area contributed by atoms with Gasteiger partial charge in [-0.05, 0) is 64.4 Å². The van der Waals surface area contributed by atoms with Gasteiger partial charge in [0, 0.05) is 18.5 Å². The first-order valence-corrected chi connectivity index (χ1v) is 7.69. The van der Waals surface area contributed by atoms with Crippen LogP contribution in [0.3, 0.4) is 0 Å². The Kier molecular flexibility index (Phi) is 5.46. The maximum atomic E-state index is 5.41. The molecular weight excluding hydrogens is 236 g/mol. The summed E-state index contributed by atoms with van der Waals surface area (Å²) in [7, 11) is 0. The summed E-state index contributed by atoms with van der Waals surface area (Å²) in [5.74, 6) is 1.90. The van der Waals surface area contributed by atoms with Crippen LogP contribution in [0.1, 0.15) is 39.4 Å². The number of nitrogens with one attached hydrogen (secondary N) is 1. The third-order valence-electron chi connectivity index (χ3n) is 4.42. The molecule has 0 spiro atoms. The van der Waals surface area contributed by atoms with E-state index in [0.717, 1.165) is 18.1 Å². The SMILES string of the molecule is CCN1CCC(C(C)NC(C)Cc2ccco2)CC1. The fourth-order valence-corrected chi connectivity index (χ4v) is 3.14. The molecule has 0 saturated carbocycles. The van der Waals surface area contributed by atoms with E-state index in [1.54, 1.807) is 6.26 Å². The number of hydrogen-bond donors (Lipinski definition) is 1. The Balaban J connectivity index is 1.73. The predicted molar refractivity (Wildman–Crippen MR) is 79.3 cm³/mol. The van der Waals surface area contributed by atoms with Crippen LogP contribution in [0, 0.1) is 5.92 Å². The second kappa shape index (κ2) is 7.11. The summed E-state index contributed by atoms with van der Waals surface area (Å²) in [6, 6.07) is 5.10. The van der Waals surface area contributed by atoms with E-state index in [1.807, 2.05) is 6.07 Å². The maximum Gasteiger partial charge on any atom is 0.105 e. The van der Waals surface area contributed by atoms with Gasteiger partial charge in [0.25, 0.3) is 0 Å². The number of piperidine rings is 1. The van der Waals surface area contributed by atoms with Gasteiger partial charge in [-0.3, -0.25) is 0 Å². The normalized spacial score (nSPS) is 21.4. The maximum absolute atomic E-state index is 5.41. The standard InChI is InChI=1S/C16H28N2O/c1-4-18-9-7-15(8-10-18)14(3)17-13(2)12-16-6-5-11-19-16/h5-6,11,13-15,17H,4,7-10,12H2,1-3H3. The number of nitrogens with zero attached hydrogens (tertiary/aromatic N) is 1. The second-order valence-corrected chi connectivity index (χ2v) is 5.91. The highest BCUT2D eigenvalue weighted by atomic mass is 16.3. The molecule has 1 aliphatic heterocycles. The van der Waals surface area contributed by atoms with Gasteiger partial charge in [-0.1, -0.05) is 6.92 Å². The first kappa shape index (κ1) is 14.6. The fraction of sp³-hybridized carbons (Fsp3) is 0.750. The lowest BCUT2D eigenvalue weighted by Crippen LogP contribution is -2.45. The van der Waals surface area contributed by atoms with Gasteiger partial charge in [-0.2, -0.15) is 0 Å². The van der Waals surface area contributed by atoms with Crippen LogP contribution in [0.5, 0.6) is 0 Å². The zero-order chi connectivity index (χ0) is 13.7. The van der Waals surface area contributed by atoms with Gasteiger partial charge in [0.2, 0.25) is 0 Å². The van der Waals surface area contributed by atoms with Gasteiger partial charge < -0.3 is 14.6 Å². The van der Waals surface area contributed by atoms with Gasteiger partial charge in [-0.25, -0.2) is 0 Å². The number of hydrogen-bond acceptors (Lipinski definition) is 3. The molecule has 0 amide bonds. The van der Waals surface area contributed by atoms with Crippen molar-refractivity contribution in [2.45, 2.75) is 52.1 Å². The molecule has 1 aromatic rings. The van der Waals surface area contributed by atoms with Crippen molar-refractivity contribution < 1.29 is 4.42 Å². The van der Waals surface area contributed by atoms with Gasteiger partial charge in [0.1, 0.15) is 5.76 Å². The zero-order valence-corrected chi connectivity index (χ0v) is 12.6. The molecule has 2 rings (SSSR count). The van der Waals surface area contributed by atoms with E-state index in [-0.39, 0.29) is 0 Å². The topological polar surface area (TPSA) is 28.4 Å². The van der Waals surface area contributed by atoms with E-state index in [2.05, 4.69) is 37.1 Å². The van der Waals surface area contributed by atoms with Gasteiger partial charge in [-0.15, -0.1) is 0 Å². The summed E-state index contributed by atoms with van der Waals surface area (Å²) in [6.07, 6.45) is 5.39. The Morgan fingerprint density at radius 2 is 2.11 bits per heavy atom. The molecule has 0 bridgehead atoms. The Bertz CT molecular complexity index is 342. The van der Waals surface area contributed by atoms with Crippen molar-refractivity contribution in [1.29, 1.82) is 0 Å². The molecular formula is C16H28N2O. The minimum Gasteiger partial charge on any atom is -0.469 e. The average Bonchev–Trinajstić information content (AvgIpc) is 2.91. The van der Waals surface area contributed by atoms with Crippen LogP contribution >= 0.6 is 0 Å². The quantitative estimate of drug-likeness (QED) is 0.856. The van der Waals surface area contributed by atoms with E-state index in [1.165, 1.54) is 32.5 Å². The first-order valence-electron chi connectivity index (χ1n) is 7.69. The smallest absolute Gasteiger partial charge is 0.105 e. The number of likely N-dealkylation sites (tertiary alicyclic amines) is 1. The predicted octanol–water partition coefficient (Wildman–Crippen LogP) is 2.92. The van der Waals surface area contributed by atoms with Crippen LogP contribution in [-0.2, 0) is 6.42 Å². The van der Waals surface area contributed by atoms with E-state index >= 15 is 0 Å². The highest BCUT2D eigenvalue weighted by Crippen LogP contribution is 2.21. The molecule has 1 fully saturated rings. The van der Waals surface area contributed by atoms with Crippen molar-refractivity contribution in [1.82, 2.24) is 10.2 Å². The van der Waals surface area contributed by atoms with E-state index in [4.69, 9.17) is 4.42 Å². The molecule has 1 saturated heterocycles. The Labute approximate surface area is 117 Å². The summed E-state index contributed by atoms with van der Waals surface area (Å²) in [4.78, 5) is 2.55. The van der Waals surface area contributed by atoms with Gasteiger partial charge >= 0.3 is 0 Å². The molecule has 1 aliphatic rings. The third kappa shape index (κ3) is 4.36. The summed E-state index contributed by atoms with van der Waals surface area (Å²) in [5, 5.41) is 3.74. The highest BCUT2D eigenvalue weighted by molar-refractivity contribution is 5.00. The highest BCUT2D eigenvalue weighted by Gasteiger charge is 2.24. The molecule has 0 aromatic carbocycles. The summed E-state index contributed by atoms with van der Waals surface area (Å²) < 4.78 is 5.41. The minimum atomic E-state index is 0.477. The zero-order valence-electron chi connectivity index (χ0n) is 12.6. The van der Waals surface area contributed by atoms with E-state index in [0.29, 0.717) is 12.1 Å². The lowest BCUT2D eigenvalue weighted by Gasteiger charge is -2.35. The fourth-order valence-electron chi connectivity index (χ4n) is 3.14. The summed E-state index contributed by atoms with van der Waals surface area (Å²) in [5.41, 5.74) is 0. The van der Waals surface area contributed by atoms with Crippen molar-refractivity contribution in [3.63, 3.8) is 0 Å². The first-order chi connectivity index (χ1) is 9.19. The number of rotatable bonds is 6. The molecule has 19 heavy (non-hydrogen) atoms. The molecule has 3 heteroatoms. The van der Waals surface area contributed by atoms with E-state index in [9.17, 15) is 0 Å². The average molecular weight is 264 g/mol. The van der Waals surface area contributed by atoms with Crippen LogP contribution in [0.4, 0.5) is 0 Å². The summed E-state index contributed by atoms with van der Waals surface area (Å²) >= 11 is 0. The van der Waals surface area contributed by atoms with Crippen LogP contribution in [0.2, 0.25) is 0 Å². The molecule has 3 nitrogen and oxygen atoms in total. The van der Waals surface area contributed by atoms with Crippen molar-refractivity contribution >= 4 is 0 Å². The van der Waals surface area contributed by atoms with Crippen LogP contribution in [-0.4, -0.2) is 36.6 Å². The van der Waals surface area contributed by atoms with E-state index < -0.39 is 0 Å². The third-order valence-corrected chi connectivity index (χ3v) is 4.42. The Morgan fingerprint density at radius 3 is 2.68 bits per heavy atom. The molecule has 1 aromatic heterocycles. The molecule has 0 radical (unpaired) electrons. The lowest BCUT2D eigenvalue weighted by atomic mass is 9.90. The molecule has 0 aliphatic carbocycles. The minimum absolute atomic E-state index is 0.477. The van der Waals surface area contributed by atoms with Crippen molar-refractivity contribution in [3.8, 4) is 0 Å². The van der Waals surface area contributed by atoms with Crippen molar-refractivity contribution in [2.24, 2.45) is 5.92 Å². The van der Waals surface area contributed by atoms with Crippen molar-refractivity contribution in [3.05, 3.63) is 24.2 Å². The Hall–Kier alpha value is -0.800. The van der Waals surface area contributed by atoms with Crippen molar-refractivity contribution in [2.75, 3.05) is 19.6 Å². The largest absolute Gasteiger partial charge is 0.469 e. The molecule has 2 unspecified atom stereocenters. The molecule has 2 atom stereocenters. The second-order valence-electron chi connectivity index (χ2n) is 5.91. The molecule has 108 valence electrons. The summed E-state index contributed by atoms with van der Waals surface area (Å²) in [6.45, 7) is 10.6. The van der Waals surface area contributed by atoms with Gasteiger partial charge in [0.15, 0.2) is 0 Å². The van der Waals surface area contributed by atoms with Crippen LogP contribution in [0.25, 0.3) is 0 Å². The monoisotopic (exact) mass is 264 g/mol. The van der Waals surface area contributed by atoms with Crippen LogP contribution < -0.4 is 5.32 Å².